The van der Waals surface area contributed by atoms with Crippen molar-refractivity contribution in [3.05, 3.63) is 41.1 Å². The average Bonchev–Trinajstić information content (AvgIpc) is 2.62. The third-order valence-electron chi connectivity index (χ3n) is 3.70. The number of alkyl halides is 1. The van der Waals surface area contributed by atoms with E-state index in [1.54, 1.807) is 45.2 Å². The van der Waals surface area contributed by atoms with Gasteiger partial charge in [0.1, 0.15) is 28.3 Å². The number of rotatable bonds is 6. The summed E-state index contributed by atoms with van der Waals surface area (Å²) in [6.45, 7) is 4.96. The van der Waals surface area contributed by atoms with Crippen LogP contribution < -0.4 is 4.74 Å². The zero-order chi connectivity index (χ0) is 19.4. The van der Waals surface area contributed by atoms with Gasteiger partial charge in [0.2, 0.25) is 5.91 Å². The van der Waals surface area contributed by atoms with Crippen molar-refractivity contribution in [3.8, 4) is 5.75 Å². The van der Waals surface area contributed by atoms with Crippen LogP contribution in [0.15, 0.2) is 35.5 Å². The maximum Gasteiger partial charge on any atom is 0.355 e. The van der Waals surface area contributed by atoms with Gasteiger partial charge < -0.3 is 9.47 Å². The van der Waals surface area contributed by atoms with Crippen molar-refractivity contribution in [3.63, 3.8) is 0 Å². The quantitative estimate of drug-likeness (QED) is 0.292. The Bertz CT molecular complexity index is 742. The maximum absolute atomic E-state index is 12.6. The molecule has 1 aromatic carbocycles. The Kier molecular flexibility index (Phi) is 6.88. The molecule has 6 nitrogen and oxygen atoms in total. The number of hydrogen-bond acceptors (Lipinski definition) is 6. The van der Waals surface area contributed by atoms with Crippen molar-refractivity contribution >= 4 is 44.7 Å². The Balaban J connectivity index is 2.11. The fourth-order valence-electron chi connectivity index (χ4n) is 2.43. The smallest absolute Gasteiger partial charge is 0.355 e. The Morgan fingerprint density at radius 2 is 1.81 bits per heavy atom. The number of β-lactam (4-membered cyclic amide) rings is 1. The van der Waals surface area contributed by atoms with Gasteiger partial charge >= 0.3 is 5.97 Å². The first kappa shape index (κ1) is 20.5. The van der Waals surface area contributed by atoms with Crippen LogP contribution in [0.25, 0.3) is 0 Å². The van der Waals surface area contributed by atoms with Gasteiger partial charge in [-0.05, 0) is 37.1 Å². The van der Waals surface area contributed by atoms with E-state index in [9.17, 15) is 14.4 Å². The molecule has 0 bridgehead atoms. The summed E-state index contributed by atoms with van der Waals surface area (Å²) < 4.78 is 10.5. The van der Waals surface area contributed by atoms with E-state index >= 15 is 0 Å². The molecular weight excluding hydrogens is 422 g/mol. The van der Waals surface area contributed by atoms with Crippen LogP contribution >= 0.6 is 27.7 Å². The number of nitrogens with zero attached hydrogens (tertiary/aromatic N) is 1. The first-order valence-corrected chi connectivity index (χ1v) is 9.67. The van der Waals surface area contributed by atoms with E-state index < -0.39 is 16.2 Å². The molecule has 140 valence electrons. The third kappa shape index (κ3) is 4.48. The fourth-order valence-corrected chi connectivity index (χ4v) is 4.10. The second-order valence-corrected chi connectivity index (χ2v) is 8.16. The lowest BCUT2D eigenvalue weighted by Gasteiger charge is -2.44. The summed E-state index contributed by atoms with van der Waals surface area (Å²) in [6, 6.07) is 7.15. The first-order valence-electron chi connectivity index (χ1n) is 7.88. The molecule has 0 aliphatic carbocycles. The van der Waals surface area contributed by atoms with E-state index in [1.807, 2.05) is 0 Å². The number of likely N-dealkylation sites (tertiary alicyclic amines) is 1. The molecule has 1 aromatic rings. The van der Waals surface area contributed by atoms with Crippen LogP contribution in [0.1, 0.15) is 26.3 Å². The Morgan fingerprint density at radius 3 is 2.31 bits per heavy atom. The van der Waals surface area contributed by atoms with Gasteiger partial charge in [-0.1, -0.05) is 39.8 Å². The van der Waals surface area contributed by atoms with Crippen molar-refractivity contribution in [2.45, 2.75) is 37.6 Å². The minimum atomic E-state index is -0.595. The second kappa shape index (κ2) is 8.73. The number of esters is 1. The van der Waals surface area contributed by atoms with Crippen LogP contribution in [0.4, 0.5) is 0 Å². The molecule has 1 fully saturated rings. The van der Waals surface area contributed by atoms with E-state index in [0.717, 1.165) is 17.3 Å². The molecule has 1 heterocycles. The highest BCUT2D eigenvalue weighted by molar-refractivity contribution is 9.10. The lowest BCUT2D eigenvalue weighted by Crippen LogP contribution is -2.61. The lowest BCUT2D eigenvalue weighted by molar-refractivity contribution is -0.149. The van der Waals surface area contributed by atoms with Gasteiger partial charge in [-0.2, -0.15) is 0 Å². The maximum atomic E-state index is 12.6. The topological polar surface area (TPSA) is 72.9 Å². The molecule has 8 heteroatoms. The number of carbonyl (C=O) groups excluding carboxylic acids is 3. The number of thioether (sulfide) groups is 1. The molecule has 1 saturated heterocycles. The summed E-state index contributed by atoms with van der Waals surface area (Å²) in [5, 5.41) is -0.588. The van der Waals surface area contributed by atoms with Gasteiger partial charge in [0.05, 0.1) is 7.11 Å². The SMILES string of the molecule is COc1ccc(COC(=O)C(=C(C)C)N2C(=O)[C@@H](Br)[C@H]2SC(C)=O)cc1. The van der Waals surface area contributed by atoms with Crippen molar-refractivity contribution in [1.29, 1.82) is 0 Å². The summed E-state index contributed by atoms with van der Waals surface area (Å²) >= 11 is 4.27. The molecule has 2 rings (SSSR count). The summed E-state index contributed by atoms with van der Waals surface area (Å²) in [4.78, 5) is 37.1. The largest absolute Gasteiger partial charge is 0.497 e. The van der Waals surface area contributed by atoms with Crippen LogP contribution in [0.5, 0.6) is 5.75 Å². The highest BCUT2D eigenvalue weighted by Crippen LogP contribution is 2.39. The number of hydrogen-bond donors (Lipinski definition) is 0. The second-order valence-electron chi connectivity index (χ2n) is 5.88. The number of allylic oxidation sites excluding steroid dienone is 1. The standard InChI is InChI=1S/C18H20BrNO5S/c1-10(2)15(20-16(22)14(19)17(20)26-11(3)21)18(23)25-9-12-5-7-13(24-4)8-6-12/h5-8,14,17H,9H2,1-4H3/t14-,17-/m1/s1. The zero-order valence-electron chi connectivity index (χ0n) is 14.9. The Labute approximate surface area is 165 Å². The van der Waals surface area contributed by atoms with Gasteiger partial charge in [-0.3, -0.25) is 14.5 Å². The van der Waals surface area contributed by atoms with Gasteiger partial charge in [0.25, 0.3) is 0 Å². The number of carbonyl (C=O) groups is 3. The minimum Gasteiger partial charge on any atom is -0.497 e. The highest BCUT2D eigenvalue weighted by atomic mass is 79.9. The van der Waals surface area contributed by atoms with E-state index in [0.29, 0.717) is 11.3 Å². The molecule has 26 heavy (non-hydrogen) atoms. The molecule has 1 amide bonds. The molecule has 0 unspecified atom stereocenters. The third-order valence-corrected chi connectivity index (χ3v) is 6.00. The van der Waals surface area contributed by atoms with E-state index in [2.05, 4.69) is 15.9 Å². The van der Waals surface area contributed by atoms with Crippen molar-refractivity contribution in [2.75, 3.05) is 7.11 Å². The molecule has 0 N–H and O–H groups in total. The fraction of sp³-hybridized carbons (Fsp3) is 0.389. The van der Waals surface area contributed by atoms with E-state index in [4.69, 9.17) is 9.47 Å². The van der Waals surface area contributed by atoms with Gasteiger partial charge in [-0.15, -0.1) is 0 Å². The summed E-state index contributed by atoms with van der Waals surface area (Å²) in [5.74, 6) is -0.146. The Hall–Kier alpha value is -1.80. The molecule has 1 aliphatic heterocycles. The number of ether oxygens (including phenoxy) is 2. The summed E-state index contributed by atoms with van der Waals surface area (Å²) in [5.41, 5.74) is 1.62. The molecule has 0 spiro atoms. The number of benzene rings is 1. The minimum absolute atomic E-state index is 0.0733. The van der Waals surface area contributed by atoms with Crippen LogP contribution in [0.3, 0.4) is 0 Å². The zero-order valence-corrected chi connectivity index (χ0v) is 17.3. The molecule has 1 aliphatic rings. The molecule has 0 aromatic heterocycles. The van der Waals surface area contributed by atoms with Gasteiger partial charge in [0, 0.05) is 6.92 Å². The van der Waals surface area contributed by atoms with Gasteiger partial charge in [0.15, 0.2) is 5.12 Å². The number of amides is 1. The van der Waals surface area contributed by atoms with E-state index in [-0.39, 0.29) is 23.3 Å². The molecule has 2 atom stereocenters. The van der Waals surface area contributed by atoms with Crippen LogP contribution in [0.2, 0.25) is 0 Å². The van der Waals surface area contributed by atoms with E-state index in [1.165, 1.54) is 11.8 Å². The monoisotopic (exact) mass is 441 g/mol. The van der Waals surface area contributed by atoms with Gasteiger partial charge in [-0.25, -0.2) is 4.79 Å². The predicted molar refractivity (Wildman–Crippen MR) is 103 cm³/mol. The average molecular weight is 442 g/mol. The molecular formula is C18H20BrNO5S. The lowest BCUT2D eigenvalue weighted by atomic mass is 10.1. The molecule has 0 radical (unpaired) electrons. The normalized spacial score (nSPS) is 18.8. The van der Waals surface area contributed by atoms with Crippen LogP contribution in [-0.2, 0) is 25.7 Å². The van der Waals surface area contributed by atoms with Crippen molar-refractivity contribution < 1.29 is 23.9 Å². The van der Waals surface area contributed by atoms with Crippen LogP contribution in [0, 0.1) is 0 Å². The number of methoxy groups -OCH3 is 1. The predicted octanol–water partition coefficient (Wildman–Crippen LogP) is 3.24. The summed E-state index contributed by atoms with van der Waals surface area (Å²) in [7, 11) is 1.58. The van der Waals surface area contributed by atoms with Crippen LogP contribution in [-0.4, -0.2) is 39.2 Å². The van der Waals surface area contributed by atoms with Crippen molar-refractivity contribution in [2.24, 2.45) is 0 Å². The Morgan fingerprint density at radius 1 is 1.19 bits per heavy atom. The summed E-state index contributed by atoms with van der Waals surface area (Å²) in [6.07, 6.45) is 0. The molecule has 0 saturated carbocycles. The highest BCUT2D eigenvalue weighted by Gasteiger charge is 2.50. The number of halogens is 1. The van der Waals surface area contributed by atoms with Crippen molar-refractivity contribution in [1.82, 2.24) is 4.90 Å². The first-order chi connectivity index (χ1) is 12.3.